The van der Waals surface area contributed by atoms with Gasteiger partial charge in [0, 0.05) is 18.7 Å². The van der Waals surface area contributed by atoms with Gasteiger partial charge in [-0.15, -0.1) is 0 Å². The van der Waals surface area contributed by atoms with E-state index in [1.807, 2.05) is 24.3 Å². The Bertz CT molecular complexity index is 572. The highest BCUT2D eigenvalue weighted by molar-refractivity contribution is 8.03. The third kappa shape index (κ3) is 2.08. The van der Waals surface area contributed by atoms with E-state index >= 15 is 0 Å². The fraction of sp³-hybridized carbons (Fsp3) is 0.231. The number of para-hydroxylation sites is 1. The van der Waals surface area contributed by atoms with Crippen LogP contribution in [0.25, 0.3) is 0 Å². The molecule has 0 spiro atoms. The van der Waals surface area contributed by atoms with Crippen LogP contribution in [-0.2, 0) is 19.1 Å². The fourth-order valence-corrected chi connectivity index (χ4v) is 2.89. The van der Waals surface area contributed by atoms with Crippen molar-refractivity contribution >= 4 is 29.4 Å². The number of benzene rings is 1. The molecule has 1 aromatic rings. The third-order valence-corrected chi connectivity index (χ3v) is 3.75. The van der Waals surface area contributed by atoms with Gasteiger partial charge in [-0.05, 0) is 12.1 Å². The predicted octanol–water partition coefficient (Wildman–Crippen LogP) is 2.25. The maximum atomic E-state index is 11.9. The molecule has 0 bridgehead atoms. The Morgan fingerprint density at radius 3 is 2.37 bits per heavy atom. The standard InChI is InChI=1S/C13H11NO4S/c1-13(2)17-11(15)9(12(16)18-13)10-14-7-5-3-4-6-8(7)19-10/h3-6,14H,1-2H3. The van der Waals surface area contributed by atoms with Crippen LogP contribution in [0.4, 0.5) is 5.69 Å². The molecule has 0 aliphatic carbocycles. The van der Waals surface area contributed by atoms with Crippen molar-refractivity contribution in [3.05, 3.63) is 34.9 Å². The summed E-state index contributed by atoms with van der Waals surface area (Å²) in [6, 6.07) is 7.55. The van der Waals surface area contributed by atoms with E-state index in [1.165, 1.54) is 25.6 Å². The second-order valence-corrected chi connectivity index (χ2v) is 5.66. The lowest BCUT2D eigenvalue weighted by Crippen LogP contribution is -2.42. The zero-order chi connectivity index (χ0) is 13.6. The molecule has 1 saturated heterocycles. The minimum absolute atomic E-state index is 0.0828. The molecule has 0 aromatic heterocycles. The van der Waals surface area contributed by atoms with Gasteiger partial charge >= 0.3 is 11.9 Å². The average molecular weight is 277 g/mol. The highest BCUT2D eigenvalue weighted by Gasteiger charge is 2.42. The van der Waals surface area contributed by atoms with Crippen molar-refractivity contribution in [2.75, 3.05) is 5.32 Å². The molecule has 98 valence electrons. The molecule has 3 rings (SSSR count). The molecule has 0 amide bonds. The summed E-state index contributed by atoms with van der Waals surface area (Å²) in [7, 11) is 0. The molecule has 19 heavy (non-hydrogen) atoms. The highest BCUT2D eigenvalue weighted by Crippen LogP contribution is 2.43. The van der Waals surface area contributed by atoms with E-state index in [0.29, 0.717) is 5.03 Å². The number of hydrogen-bond acceptors (Lipinski definition) is 6. The monoisotopic (exact) mass is 277 g/mol. The van der Waals surface area contributed by atoms with Gasteiger partial charge in [-0.25, -0.2) is 9.59 Å². The number of rotatable bonds is 0. The SMILES string of the molecule is CC1(C)OC(=O)C(=C2Nc3ccccc3S2)C(=O)O1. The summed E-state index contributed by atoms with van der Waals surface area (Å²) in [6.07, 6.45) is 0. The van der Waals surface area contributed by atoms with Crippen molar-refractivity contribution in [1.29, 1.82) is 0 Å². The lowest BCUT2D eigenvalue weighted by molar-refractivity contribution is -0.222. The van der Waals surface area contributed by atoms with Crippen molar-refractivity contribution < 1.29 is 19.1 Å². The number of hydrogen-bond donors (Lipinski definition) is 1. The van der Waals surface area contributed by atoms with Gasteiger partial charge in [0.25, 0.3) is 5.79 Å². The highest BCUT2D eigenvalue weighted by atomic mass is 32.2. The minimum Gasteiger partial charge on any atom is -0.419 e. The summed E-state index contributed by atoms with van der Waals surface area (Å²) < 4.78 is 10.1. The molecule has 1 N–H and O–H groups in total. The van der Waals surface area contributed by atoms with E-state index in [-0.39, 0.29) is 5.57 Å². The van der Waals surface area contributed by atoms with E-state index in [4.69, 9.17) is 9.47 Å². The van der Waals surface area contributed by atoms with Crippen molar-refractivity contribution in [2.45, 2.75) is 24.5 Å². The summed E-state index contributed by atoms with van der Waals surface area (Å²) in [5.74, 6) is -2.54. The molecule has 0 radical (unpaired) electrons. The van der Waals surface area contributed by atoms with Gasteiger partial charge in [-0.1, -0.05) is 23.9 Å². The quantitative estimate of drug-likeness (QED) is 0.446. The average Bonchev–Trinajstić information content (AvgIpc) is 2.68. The summed E-state index contributed by atoms with van der Waals surface area (Å²) in [6.45, 7) is 3.04. The largest absolute Gasteiger partial charge is 0.419 e. The summed E-state index contributed by atoms with van der Waals surface area (Å²) >= 11 is 1.32. The summed E-state index contributed by atoms with van der Waals surface area (Å²) in [5, 5.41) is 3.48. The van der Waals surface area contributed by atoms with Gasteiger partial charge in [0.05, 0.1) is 10.7 Å². The predicted molar refractivity (Wildman–Crippen MR) is 69.2 cm³/mol. The van der Waals surface area contributed by atoms with Crippen LogP contribution in [0.3, 0.4) is 0 Å². The number of carbonyl (C=O) groups excluding carboxylic acids is 2. The third-order valence-electron chi connectivity index (χ3n) is 2.66. The van der Waals surface area contributed by atoms with E-state index < -0.39 is 17.7 Å². The molecule has 0 unspecified atom stereocenters. The fourth-order valence-electron chi connectivity index (χ4n) is 1.87. The molecule has 2 aliphatic rings. The number of anilines is 1. The van der Waals surface area contributed by atoms with Crippen molar-refractivity contribution in [2.24, 2.45) is 0 Å². The van der Waals surface area contributed by atoms with E-state index in [9.17, 15) is 9.59 Å². The Morgan fingerprint density at radius 1 is 1.11 bits per heavy atom. The van der Waals surface area contributed by atoms with Crippen LogP contribution in [-0.4, -0.2) is 17.7 Å². The Morgan fingerprint density at radius 2 is 1.74 bits per heavy atom. The van der Waals surface area contributed by atoms with E-state index in [0.717, 1.165) is 10.6 Å². The van der Waals surface area contributed by atoms with E-state index in [2.05, 4.69) is 5.32 Å². The first-order valence-corrected chi connectivity index (χ1v) is 6.53. The number of fused-ring (bicyclic) bond motifs is 1. The molecule has 2 aliphatic heterocycles. The Balaban J connectivity index is 1.98. The Kier molecular flexibility index (Phi) is 2.56. The molecular weight excluding hydrogens is 266 g/mol. The Hall–Kier alpha value is -1.95. The van der Waals surface area contributed by atoms with E-state index in [1.54, 1.807) is 0 Å². The van der Waals surface area contributed by atoms with Crippen LogP contribution in [0.15, 0.2) is 39.8 Å². The lowest BCUT2D eigenvalue weighted by atomic mass is 10.2. The number of ether oxygens (including phenoxy) is 2. The topological polar surface area (TPSA) is 64.6 Å². The number of cyclic esters (lactones) is 2. The zero-order valence-electron chi connectivity index (χ0n) is 10.4. The maximum Gasteiger partial charge on any atom is 0.351 e. The number of thioether (sulfide) groups is 1. The minimum atomic E-state index is -1.21. The van der Waals surface area contributed by atoms with Crippen molar-refractivity contribution in [1.82, 2.24) is 0 Å². The van der Waals surface area contributed by atoms with Crippen LogP contribution in [0.1, 0.15) is 13.8 Å². The van der Waals surface area contributed by atoms with Crippen LogP contribution >= 0.6 is 11.8 Å². The lowest BCUT2D eigenvalue weighted by Gasteiger charge is -2.30. The maximum absolute atomic E-state index is 11.9. The molecule has 2 heterocycles. The first-order chi connectivity index (χ1) is 8.96. The molecule has 5 nitrogen and oxygen atoms in total. The second kappa shape index (κ2) is 4.03. The van der Waals surface area contributed by atoms with Crippen LogP contribution in [0.2, 0.25) is 0 Å². The van der Waals surface area contributed by atoms with Gasteiger partial charge < -0.3 is 14.8 Å². The Labute approximate surface area is 114 Å². The molecule has 1 aromatic carbocycles. The summed E-state index contributed by atoms with van der Waals surface area (Å²) in [4.78, 5) is 24.8. The molecule has 6 heteroatoms. The first kappa shape index (κ1) is 12.1. The number of nitrogens with one attached hydrogen (secondary N) is 1. The van der Waals surface area contributed by atoms with Crippen LogP contribution in [0, 0.1) is 0 Å². The van der Waals surface area contributed by atoms with Crippen LogP contribution in [0.5, 0.6) is 0 Å². The summed E-state index contributed by atoms with van der Waals surface area (Å²) in [5.41, 5.74) is 0.779. The van der Waals surface area contributed by atoms with Gasteiger partial charge in [-0.2, -0.15) is 0 Å². The normalized spacial score (nSPS) is 20.5. The second-order valence-electron chi connectivity index (χ2n) is 4.61. The molecule has 1 fully saturated rings. The van der Waals surface area contributed by atoms with Crippen LogP contribution < -0.4 is 5.32 Å². The van der Waals surface area contributed by atoms with Gasteiger partial charge in [0.1, 0.15) is 0 Å². The molecular formula is C13H11NO4S. The van der Waals surface area contributed by atoms with Gasteiger partial charge in [0.2, 0.25) is 0 Å². The number of esters is 2. The van der Waals surface area contributed by atoms with Gasteiger partial charge in [-0.3, -0.25) is 0 Å². The van der Waals surface area contributed by atoms with Crippen molar-refractivity contribution in [3.8, 4) is 0 Å². The van der Waals surface area contributed by atoms with Gasteiger partial charge in [0.15, 0.2) is 5.57 Å². The first-order valence-electron chi connectivity index (χ1n) is 5.71. The number of carbonyl (C=O) groups is 2. The zero-order valence-corrected chi connectivity index (χ0v) is 11.2. The molecule has 0 saturated carbocycles. The van der Waals surface area contributed by atoms with Crippen molar-refractivity contribution in [3.63, 3.8) is 0 Å². The molecule has 0 atom stereocenters. The smallest absolute Gasteiger partial charge is 0.351 e.